The minimum absolute atomic E-state index is 0.0263. The lowest BCUT2D eigenvalue weighted by atomic mass is 10.1. The van der Waals surface area contributed by atoms with Crippen molar-refractivity contribution < 1.29 is 23.1 Å². The fourth-order valence-corrected chi connectivity index (χ4v) is 2.64. The van der Waals surface area contributed by atoms with Crippen molar-refractivity contribution in [1.82, 2.24) is 0 Å². The summed E-state index contributed by atoms with van der Waals surface area (Å²) in [5.74, 6) is -0.694. The third kappa shape index (κ3) is 6.03. The van der Waals surface area contributed by atoms with Crippen LogP contribution in [-0.4, -0.2) is 25.0 Å². The third-order valence-corrected chi connectivity index (χ3v) is 4.01. The van der Waals surface area contributed by atoms with Gasteiger partial charge in [-0.1, -0.05) is 30.3 Å². The van der Waals surface area contributed by atoms with E-state index in [0.717, 1.165) is 0 Å². The van der Waals surface area contributed by atoms with Gasteiger partial charge in [0.05, 0.1) is 17.8 Å². The van der Waals surface area contributed by atoms with Gasteiger partial charge < -0.3 is 20.7 Å². The van der Waals surface area contributed by atoms with Crippen LogP contribution in [0.25, 0.3) is 0 Å². The average Bonchev–Trinajstić information content (AvgIpc) is 2.74. The van der Waals surface area contributed by atoms with Gasteiger partial charge in [-0.05, 0) is 48.5 Å². The normalized spacial score (nSPS) is 10.4. The zero-order valence-corrected chi connectivity index (χ0v) is 15.8. The molecule has 0 fully saturated rings. The molecule has 3 rings (SSSR count). The van der Waals surface area contributed by atoms with Gasteiger partial charge in [-0.2, -0.15) is 8.78 Å². The van der Waals surface area contributed by atoms with Crippen molar-refractivity contribution in [2.75, 3.05) is 22.5 Å². The van der Waals surface area contributed by atoms with Crippen LogP contribution in [0.1, 0.15) is 10.4 Å². The summed E-state index contributed by atoms with van der Waals surface area (Å²) in [6, 6.07) is 21.4. The molecule has 0 saturated carbocycles. The summed E-state index contributed by atoms with van der Waals surface area (Å²) in [7, 11) is 0. The molecule has 154 valence electrons. The summed E-state index contributed by atoms with van der Waals surface area (Å²) >= 11 is 0. The zero-order valence-electron chi connectivity index (χ0n) is 15.8. The van der Waals surface area contributed by atoms with E-state index >= 15 is 0 Å². The summed E-state index contributed by atoms with van der Waals surface area (Å²) in [5, 5.41) is 8.35. The van der Waals surface area contributed by atoms with Crippen molar-refractivity contribution in [3.05, 3.63) is 84.4 Å². The lowest BCUT2D eigenvalue weighted by Gasteiger charge is -2.12. The van der Waals surface area contributed by atoms with E-state index in [1.807, 2.05) is 6.07 Å². The van der Waals surface area contributed by atoms with Gasteiger partial charge in [-0.3, -0.25) is 9.59 Å². The van der Waals surface area contributed by atoms with Gasteiger partial charge in [0.25, 0.3) is 5.91 Å². The molecule has 0 aliphatic heterocycles. The van der Waals surface area contributed by atoms with Gasteiger partial charge in [0.15, 0.2) is 0 Å². The van der Waals surface area contributed by atoms with Gasteiger partial charge in [0.2, 0.25) is 5.91 Å². The predicted octanol–water partition coefficient (Wildman–Crippen LogP) is 4.59. The van der Waals surface area contributed by atoms with Gasteiger partial charge in [0, 0.05) is 11.4 Å². The van der Waals surface area contributed by atoms with Crippen molar-refractivity contribution in [3.63, 3.8) is 0 Å². The Morgan fingerprint density at radius 1 is 0.800 bits per heavy atom. The number of hydrogen-bond acceptors (Lipinski definition) is 4. The van der Waals surface area contributed by atoms with Crippen molar-refractivity contribution in [1.29, 1.82) is 0 Å². The number of anilines is 3. The van der Waals surface area contributed by atoms with Crippen LogP contribution in [0.15, 0.2) is 78.9 Å². The molecule has 2 amide bonds. The Morgan fingerprint density at radius 3 is 2.17 bits per heavy atom. The highest BCUT2D eigenvalue weighted by Crippen LogP contribution is 2.19. The van der Waals surface area contributed by atoms with Crippen LogP contribution in [-0.2, 0) is 4.79 Å². The Balaban J connectivity index is 1.58. The first kappa shape index (κ1) is 20.8. The minimum Gasteiger partial charge on any atom is -0.435 e. The average molecular weight is 411 g/mol. The summed E-state index contributed by atoms with van der Waals surface area (Å²) in [6.07, 6.45) is 0. The lowest BCUT2D eigenvalue weighted by molar-refractivity contribution is -0.114. The van der Waals surface area contributed by atoms with E-state index in [9.17, 15) is 18.4 Å². The van der Waals surface area contributed by atoms with Gasteiger partial charge in [-0.25, -0.2) is 0 Å². The maximum Gasteiger partial charge on any atom is 0.387 e. The Labute approximate surface area is 171 Å². The molecule has 0 aliphatic carbocycles. The molecule has 0 aliphatic rings. The van der Waals surface area contributed by atoms with Crippen LogP contribution in [0.3, 0.4) is 0 Å². The number of hydrogen-bond donors (Lipinski definition) is 3. The van der Waals surface area contributed by atoms with Gasteiger partial charge in [-0.15, -0.1) is 0 Å². The Hall–Kier alpha value is -3.94. The van der Waals surface area contributed by atoms with Crippen LogP contribution in [0.5, 0.6) is 5.75 Å². The molecule has 8 heteroatoms. The lowest BCUT2D eigenvalue weighted by Crippen LogP contribution is -2.23. The van der Waals surface area contributed by atoms with Crippen molar-refractivity contribution in [2.45, 2.75) is 6.61 Å². The number of carbonyl (C=O) groups excluding carboxylic acids is 2. The van der Waals surface area contributed by atoms with Crippen LogP contribution in [0, 0.1) is 0 Å². The number of rotatable bonds is 8. The van der Waals surface area contributed by atoms with Crippen LogP contribution in [0.2, 0.25) is 0 Å². The maximum absolute atomic E-state index is 12.6. The number of carbonyl (C=O) groups is 2. The molecule has 0 bridgehead atoms. The second-order valence-corrected chi connectivity index (χ2v) is 6.17. The molecule has 3 aromatic carbocycles. The highest BCUT2D eigenvalue weighted by atomic mass is 19.3. The molecular weight excluding hydrogens is 392 g/mol. The highest BCUT2D eigenvalue weighted by molar-refractivity contribution is 6.10. The molecule has 30 heavy (non-hydrogen) atoms. The standard InChI is InChI=1S/C22H19F2N3O3/c23-22(24)30-17-12-10-15(11-13-17)25-14-20(28)27-19-9-5-4-8-18(19)21(29)26-16-6-2-1-3-7-16/h1-13,22,25H,14H2,(H,26,29)(H,27,28). The van der Waals surface area contributed by atoms with Crippen LogP contribution < -0.4 is 20.7 Å². The van der Waals surface area contributed by atoms with Gasteiger partial charge in [0.1, 0.15) is 5.75 Å². The molecule has 6 nitrogen and oxygen atoms in total. The summed E-state index contributed by atoms with van der Waals surface area (Å²) in [6.45, 7) is -2.97. The quantitative estimate of drug-likeness (QED) is 0.507. The second kappa shape index (κ2) is 10.0. The van der Waals surface area contributed by atoms with E-state index in [1.165, 1.54) is 24.3 Å². The molecule has 0 atom stereocenters. The molecule has 0 radical (unpaired) electrons. The van der Waals surface area contributed by atoms with E-state index < -0.39 is 6.61 Å². The Bertz CT molecular complexity index is 996. The number of para-hydroxylation sites is 2. The zero-order chi connectivity index (χ0) is 21.3. The number of nitrogens with one attached hydrogen (secondary N) is 3. The summed E-state index contributed by atoms with van der Waals surface area (Å²) in [4.78, 5) is 24.9. The maximum atomic E-state index is 12.6. The molecule has 0 unspecified atom stereocenters. The first-order valence-electron chi connectivity index (χ1n) is 9.05. The Kier molecular flexibility index (Phi) is 6.94. The molecule has 0 aromatic heterocycles. The largest absolute Gasteiger partial charge is 0.435 e. The molecule has 3 N–H and O–H groups in total. The summed E-state index contributed by atoms with van der Waals surface area (Å²) in [5.41, 5.74) is 1.90. The first-order valence-corrected chi connectivity index (χ1v) is 9.05. The predicted molar refractivity (Wildman–Crippen MR) is 111 cm³/mol. The highest BCUT2D eigenvalue weighted by Gasteiger charge is 2.13. The van der Waals surface area contributed by atoms with Crippen molar-refractivity contribution in [2.24, 2.45) is 0 Å². The SMILES string of the molecule is O=C(CNc1ccc(OC(F)F)cc1)Nc1ccccc1C(=O)Nc1ccccc1. The van der Waals surface area contributed by atoms with Crippen LogP contribution in [0.4, 0.5) is 25.8 Å². The second-order valence-electron chi connectivity index (χ2n) is 6.17. The van der Waals surface area contributed by atoms with Crippen molar-refractivity contribution >= 4 is 28.9 Å². The van der Waals surface area contributed by atoms with E-state index in [2.05, 4.69) is 20.7 Å². The monoisotopic (exact) mass is 411 g/mol. The molecule has 0 saturated heterocycles. The number of ether oxygens (including phenoxy) is 1. The smallest absolute Gasteiger partial charge is 0.387 e. The van der Waals surface area contributed by atoms with E-state index in [4.69, 9.17) is 0 Å². The molecule has 0 spiro atoms. The van der Waals surface area contributed by atoms with E-state index in [1.54, 1.807) is 48.5 Å². The minimum atomic E-state index is -2.89. The molecule has 3 aromatic rings. The Morgan fingerprint density at radius 2 is 1.47 bits per heavy atom. The van der Waals surface area contributed by atoms with E-state index in [0.29, 0.717) is 22.6 Å². The molecular formula is C22H19F2N3O3. The van der Waals surface area contributed by atoms with E-state index in [-0.39, 0.29) is 24.1 Å². The molecule has 0 heterocycles. The third-order valence-electron chi connectivity index (χ3n) is 4.01. The topological polar surface area (TPSA) is 79.5 Å². The van der Waals surface area contributed by atoms with Crippen LogP contribution >= 0.6 is 0 Å². The summed E-state index contributed by atoms with van der Waals surface area (Å²) < 4.78 is 28.6. The number of amides is 2. The number of halogens is 2. The fourth-order valence-electron chi connectivity index (χ4n) is 2.64. The van der Waals surface area contributed by atoms with Crippen molar-refractivity contribution in [3.8, 4) is 5.75 Å². The number of benzene rings is 3. The number of alkyl halides is 2. The van der Waals surface area contributed by atoms with Gasteiger partial charge >= 0.3 is 6.61 Å². The first-order chi connectivity index (χ1) is 14.5. The fraction of sp³-hybridized carbons (Fsp3) is 0.0909.